The van der Waals surface area contributed by atoms with Crippen molar-refractivity contribution in [3.05, 3.63) is 0 Å². The second kappa shape index (κ2) is 5.19. The SMILES string of the molecule is CCCCCC1CCC1(C)CC(C)C. The first-order chi connectivity index (χ1) is 6.58. The molecule has 0 bridgehead atoms. The van der Waals surface area contributed by atoms with Crippen LogP contribution in [0, 0.1) is 17.3 Å². The van der Waals surface area contributed by atoms with Crippen LogP contribution in [0.5, 0.6) is 0 Å². The van der Waals surface area contributed by atoms with Gasteiger partial charge in [0.05, 0.1) is 0 Å². The maximum absolute atomic E-state index is 2.52. The van der Waals surface area contributed by atoms with E-state index in [1.807, 2.05) is 0 Å². The Kier molecular flexibility index (Phi) is 4.47. The van der Waals surface area contributed by atoms with Crippen LogP contribution < -0.4 is 0 Å². The third-order valence-electron chi connectivity index (χ3n) is 4.08. The summed E-state index contributed by atoms with van der Waals surface area (Å²) < 4.78 is 0. The molecule has 1 aliphatic carbocycles. The minimum atomic E-state index is 0.710. The standard InChI is InChI=1S/C14H28/c1-5-6-7-8-13-9-10-14(13,4)11-12(2)3/h12-13H,5-11H2,1-4H3. The van der Waals surface area contributed by atoms with Crippen molar-refractivity contribution in [1.29, 1.82) is 0 Å². The number of hydrogen-bond acceptors (Lipinski definition) is 0. The molecule has 2 atom stereocenters. The van der Waals surface area contributed by atoms with Crippen LogP contribution in [0.4, 0.5) is 0 Å². The topological polar surface area (TPSA) is 0 Å². The minimum absolute atomic E-state index is 0.710. The molecular weight excluding hydrogens is 168 g/mol. The molecule has 0 aromatic carbocycles. The van der Waals surface area contributed by atoms with Crippen LogP contribution in [0.15, 0.2) is 0 Å². The normalized spacial score (nSPS) is 31.9. The lowest BCUT2D eigenvalue weighted by atomic mass is 9.57. The van der Waals surface area contributed by atoms with Gasteiger partial charge in [-0.25, -0.2) is 0 Å². The maximum Gasteiger partial charge on any atom is -0.0295 e. The van der Waals surface area contributed by atoms with E-state index in [4.69, 9.17) is 0 Å². The zero-order chi connectivity index (χ0) is 10.6. The smallest absolute Gasteiger partial charge is 0.0295 e. The highest BCUT2D eigenvalue weighted by molar-refractivity contribution is 4.92. The highest BCUT2D eigenvalue weighted by Crippen LogP contribution is 2.52. The highest BCUT2D eigenvalue weighted by atomic mass is 14.5. The molecule has 0 nitrogen and oxygen atoms in total. The molecule has 0 spiro atoms. The average molecular weight is 196 g/mol. The van der Waals surface area contributed by atoms with E-state index in [2.05, 4.69) is 27.7 Å². The molecule has 2 unspecified atom stereocenters. The van der Waals surface area contributed by atoms with Gasteiger partial charge in [0.15, 0.2) is 0 Å². The summed E-state index contributed by atoms with van der Waals surface area (Å²) >= 11 is 0. The van der Waals surface area contributed by atoms with E-state index in [0.29, 0.717) is 5.41 Å². The van der Waals surface area contributed by atoms with Gasteiger partial charge in [0.2, 0.25) is 0 Å². The maximum atomic E-state index is 2.52. The van der Waals surface area contributed by atoms with Gasteiger partial charge in [0.1, 0.15) is 0 Å². The summed E-state index contributed by atoms with van der Waals surface area (Å²) in [6.45, 7) is 9.56. The Hall–Kier alpha value is 0. The van der Waals surface area contributed by atoms with Crippen LogP contribution in [-0.2, 0) is 0 Å². The Morgan fingerprint density at radius 3 is 2.43 bits per heavy atom. The summed E-state index contributed by atoms with van der Waals surface area (Å²) in [4.78, 5) is 0. The lowest BCUT2D eigenvalue weighted by molar-refractivity contribution is 0.0196. The third-order valence-corrected chi connectivity index (χ3v) is 4.08. The van der Waals surface area contributed by atoms with Crippen LogP contribution >= 0.6 is 0 Å². The van der Waals surface area contributed by atoms with Gasteiger partial charge in [0.25, 0.3) is 0 Å². The van der Waals surface area contributed by atoms with Crippen molar-refractivity contribution >= 4 is 0 Å². The van der Waals surface area contributed by atoms with Crippen molar-refractivity contribution in [2.75, 3.05) is 0 Å². The third kappa shape index (κ3) is 3.00. The first kappa shape index (κ1) is 12.1. The Bertz CT molecular complexity index is 159. The van der Waals surface area contributed by atoms with E-state index in [-0.39, 0.29) is 0 Å². The molecule has 0 amide bonds. The van der Waals surface area contributed by atoms with Gasteiger partial charge in [0, 0.05) is 0 Å². The largest absolute Gasteiger partial charge is 0.0654 e. The molecule has 1 fully saturated rings. The number of unbranched alkanes of at least 4 members (excludes halogenated alkanes) is 2. The molecule has 0 radical (unpaired) electrons. The second-order valence-electron chi connectivity index (χ2n) is 5.98. The van der Waals surface area contributed by atoms with E-state index in [0.717, 1.165) is 11.8 Å². The molecule has 1 saturated carbocycles. The van der Waals surface area contributed by atoms with Gasteiger partial charge in [-0.1, -0.05) is 47.0 Å². The molecule has 14 heavy (non-hydrogen) atoms. The van der Waals surface area contributed by atoms with Gasteiger partial charge < -0.3 is 0 Å². The highest BCUT2D eigenvalue weighted by Gasteiger charge is 2.41. The molecule has 0 heterocycles. The van der Waals surface area contributed by atoms with Crippen molar-refractivity contribution in [2.24, 2.45) is 17.3 Å². The molecule has 1 rings (SSSR count). The second-order valence-corrected chi connectivity index (χ2v) is 5.98. The number of hydrogen-bond donors (Lipinski definition) is 0. The van der Waals surface area contributed by atoms with Crippen LogP contribution in [0.25, 0.3) is 0 Å². The molecule has 84 valence electrons. The summed E-state index contributed by atoms with van der Waals surface area (Å²) in [6, 6.07) is 0. The van der Waals surface area contributed by atoms with Gasteiger partial charge in [-0.15, -0.1) is 0 Å². The predicted octanol–water partition coefficient (Wildman–Crippen LogP) is 5.03. The summed E-state index contributed by atoms with van der Waals surface area (Å²) in [5, 5.41) is 0. The fraction of sp³-hybridized carbons (Fsp3) is 1.00. The number of rotatable bonds is 6. The van der Waals surface area contributed by atoms with E-state index < -0.39 is 0 Å². The molecular formula is C14H28. The van der Waals surface area contributed by atoms with Crippen LogP contribution in [-0.4, -0.2) is 0 Å². The monoisotopic (exact) mass is 196 g/mol. The molecule has 0 N–H and O–H groups in total. The molecule has 0 saturated heterocycles. The van der Waals surface area contributed by atoms with Crippen molar-refractivity contribution in [3.63, 3.8) is 0 Å². The van der Waals surface area contributed by atoms with Crippen molar-refractivity contribution in [1.82, 2.24) is 0 Å². The lowest BCUT2D eigenvalue weighted by Crippen LogP contribution is -2.38. The zero-order valence-corrected chi connectivity index (χ0v) is 10.6. The molecule has 0 aliphatic heterocycles. The summed E-state index contributed by atoms with van der Waals surface area (Å²) in [5.74, 6) is 1.94. The van der Waals surface area contributed by atoms with Crippen LogP contribution in [0.3, 0.4) is 0 Å². The quantitative estimate of drug-likeness (QED) is 0.523. The van der Waals surface area contributed by atoms with E-state index in [1.165, 1.54) is 44.9 Å². The van der Waals surface area contributed by atoms with Gasteiger partial charge in [-0.05, 0) is 42.9 Å². The Morgan fingerprint density at radius 2 is 2.00 bits per heavy atom. The van der Waals surface area contributed by atoms with Crippen molar-refractivity contribution in [3.8, 4) is 0 Å². The van der Waals surface area contributed by atoms with Crippen molar-refractivity contribution < 1.29 is 0 Å². The molecule has 0 heteroatoms. The zero-order valence-electron chi connectivity index (χ0n) is 10.6. The van der Waals surface area contributed by atoms with Gasteiger partial charge in [-0.2, -0.15) is 0 Å². The lowest BCUT2D eigenvalue weighted by Gasteiger charge is -2.49. The minimum Gasteiger partial charge on any atom is -0.0654 e. The van der Waals surface area contributed by atoms with Crippen molar-refractivity contribution in [2.45, 2.75) is 72.6 Å². The van der Waals surface area contributed by atoms with E-state index in [1.54, 1.807) is 0 Å². The van der Waals surface area contributed by atoms with Gasteiger partial charge >= 0.3 is 0 Å². The Labute approximate surface area is 90.5 Å². The fourth-order valence-electron chi connectivity index (χ4n) is 3.18. The molecule has 0 aromatic heterocycles. The molecule has 1 aliphatic rings. The van der Waals surface area contributed by atoms with E-state index >= 15 is 0 Å². The first-order valence-electron chi connectivity index (χ1n) is 6.58. The fourth-order valence-corrected chi connectivity index (χ4v) is 3.18. The average Bonchev–Trinajstić information content (AvgIpc) is 2.09. The van der Waals surface area contributed by atoms with Gasteiger partial charge in [-0.3, -0.25) is 0 Å². The Morgan fingerprint density at radius 1 is 1.29 bits per heavy atom. The van der Waals surface area contributed by atoms with Crippen LogP contribution in [0.2, 0.25) is 0 Å². The van der Waals surface area contributed by atoms with E-state index in [9.17, 15) is 0 Å². The Balaban J connectivity index is 2.25. The first-order valence-corrected chi connectivity index (χ1v) is 6.58. The predicted molar refractivity (Wildman–Crippen MR) is 64.4 cm³/mol. The van der Waals surface area contributed by atoms with Crippen LogP contribution in [0.1, 0.15) is 72.6 Å². The summed E-state index contributed by atoms with van der Waals surface area (Å²) in [6.07, 6.45) is 10.2. The summed E-state index contributed by atoms with van der Waals surface area (Å²) in [7, 11) is 0. The summed E-state index contributed by atoms with van der Waals surface area (Å²) in [5.41, 5.74) is 0.710. The molecule has 0 aromatic rings.